The van der Waals surface area contributed by atoms with Crippen LogP contribution in [0.4, 0.5) is 10.5 Å². The lowest BCUT2D eigenvalue weighted by Gasteiger charge is -2.21. The van der Waals surface area contributed by atoms with Crippen LogP contribution in [0.2, 0.25) is 0 Å². The second-order valence-electron chi connectivity index (χ2n) is 4.49. The number of rotatable bonds is 7. The molecule has 0 unspecified atom stereocenters. The van der Waals surface area contributed by atoms with Gasteiger partial charge in [-0.3, -0.25) is 0 Å². The van der Waals surface area contributed by atoms with Gasteiger partial charge in [-0.1, -0.05) is 6.08 Å². The third-order valence-corrected chi connectivity index (χ3v) is 2.91. The molecule has 0 spiro atoms. The highest BCUT2D eigenvalue weighted by Crippen LogP contribution is 2.15. The zero-order valence-corrected chi connectivity index (χ0v) is 12.3. The van der Waals surface area contributed by atoms with E-state index >= 15 is 0 Å². The molecule has 0 aliphatic rings. The van der Waals surface area contributed by atoms with Gasteiger partial charge in [0, 0.05) is 25.9 Å². The number of aryl methyl sites for hydroxylation is 1. The van der Waals surface area contributed by atoms with Crippen LogP contribution >= 0.6 is 0 Å². The number of nitrogens with one attached hydrogen (secondary N) is 1. The number of benzene rings is 1. The minimum Gasteiger partial charge on any atom is -0.478 e. The van der Waals surface area contributed by atoms with Gasteiger partial charge >= 0.3 is 12.0 Å². The Labute approximate surface area is 124 Å². The van der Waals surface area contributed by atoms with Gasteiger partial charge in [-0.15, -0.1) is 6.58 Å². The first-order valence-corrected chi connectivity index (χ1v) is 6.49. The molecular weight excluding hydrogens is 272 g/mol. The van der Waals surface area contributed by atoms with E-state index in [9.17, 15) is 9.59 Å². The Hall–Kier alpha value is -2.34. The number of nitrogens with zero attached hydrogens (tertiary/aromatic N) is 1. The van der Waals surface area contributed by atoms with E-state index in [1.54, 1.807) is 37.1 Å². The van der Waals surface area contributed by atoms with Gasteiger partial charge in [0.15, 0.2) is 0 Å². The van der Waals surface area contributed by atoms with Crippen molar-refractivity contribution in [2.24, 2.45) is 0 Å². The minimum absolute atomic E-state index is 0.218. The fourth-order valence-corrected chi connectivity index (χ4v) is 1.82. The van der Waals surface area contributed by atoms with Crippen LogP contribution in [0.3, 0.4) is 0 Å². The Kier molecular flexibility index (Phi) is 6.42. The van der Waals surface area contributed by atoms with Gasteiger partial charge in [-0.2, -0.15) is 0 Å². The van der Waals surface area contributed by atoms with Gasteiger partial charge in [-0.05, 0) is 30.7 Å². The molecule has 0 aromatic heterocycles. The van der Waals surface area contributed by atoms with E-state index in [4.69, 9.17) is 9.84 Å². The molecule has 0 saturated carbocycles. The number of carboxylic acids is 1. The third kappa shape index (κ3) is 4.92. The van der Waals surface area contributed by atoms with Crippen molar-refractivity contribution < 1.29 is 19.4 Å². The van der Waals surface area contributed by atoms with Gasteiger partial charge in [0.25, 0.3) is 0 Å². The fraction of sp³-hybridized carbons (Fsp3) is 0.333. The number of aromatic carboxylic acids is 1. The Morgan fingerprint density at radius 2 is 2.19 bits per heavy atom. The van der Waals surface area contributed by atoms with Gasteiger partial charge < -0.3 is 20.1 Å². The molecule has 0 fully saturated rings. The van der Waals surface area contributed by atoms with Crippen molar-refractivity contribution in [2.45, 2.75) is 6.92 Å². The number of carbonyl (C=O) groups is 2. The van der Waals surface area contributed by atoms with Crippen molar-refractivity contribution in [2.75, 3.05) is 32.1 Å². The number of amides is 2. The maximum absolute atomic E-state index is 12.1. The number of hydrogen-bond donors (Lipinski definition) is 2. The van der Waals surface area contributed by atoms with Crippen LogP contribution in [0.25, 0.3) is 0 Å². The molecule has 1 aromatic carbocycles. The molecule has 0 bridgehead atoms. The molecule has 21 heavy (non-hydrogen) atoms. The summed E-state index contributed by atoms with van der Waals surface area (Å²) in [5, 5.41) is 11.7. The van der Waals surface area contributed by atoms with E-state index in [1.165, 1.54) is 6.07 Å². The summed E-state index contributed by atoms with van der Waals surface area (Å²) >= 11 is 0. The van der Waals surface area contributed by atoms with Crippen LogP contribution in [0, 0.1) is 6.92 Å². The van der Waals surface area contributed by atoms with Gasteiger partial charge in [0.05, 0.1) is 12.2 Å². The zero-order chi connectivity index (χ0) is 15.8. The highest BCUT2D eigenvalue weighted by atomic mass is 16.5. The highest BCUT2D eigenvalue weighted by Gasteiger charge is 2.13. The predicted octanol–water partition coefficient (Wildman–Crippen LogP) is 2.36. The van der Waals surface area contributed by atoms with Gasteiger partial charge in [0.2, 0.25) is 0 Å². The van der Waals surface area contributed by atoms with Crippen LogP contribution in [0.1, 0.15) is 15.9 Å². The average molecular weight is 292 g/mol. The number of carbonyl (C=O) groups excluding carboxylic acids is 1. The number of ether oxygens (including phenoxy) is 1. The first kappa shape index (κ1) is 16.7. The van der Waals surface area contributed by atoms with Crippen molar-refractivity contribution in [3.05, 3.63) is 42.0 Å². The summed E-state index contributed by atoms with van der Waals surface area (Å²) in [6, 6.07) is 4.38. The molecule has 6 heteroatoms. The summed E-state index contributed by atoms with van der Waals surface area (Å²) < 4.78 is 4.96. The molecule has 1 rings (SSSR count). The standard InChI is InChI=1S/C15H20N2O4/c1-4-7-17(8-9-21-3)15(20)16-12-5-6-13(14(18)19)11(2)10-12/h4-6,10H,1,7-9H2,2-3H3,(H,16,20)(H,18,19). The van der Waals surface area contributed by atoms with E-state index in [0.717, 1.165) is 0 Å². The molecule has 0 atom stereocenters. The number of hydrogen-bond acceptors (Lipinski definition) is 3. The predicted molar refractivity (Wildman–Crippen MR) is 80.8 cm³/mol. The van der Waals surface area contributed by atoms with Crippen molar-refractivity contribution in [3.8, 4) is 0 Å². The lowest BCUT2D eigenvalue weighted by Crippen LogP contribution is -2.37. The van der Waals surface area contributed by atoms with Crippen LogP contribution in [0.5, 0.6) is 0 Å². The lowest BCUT2D eigenvalue weighted by molar-refractivity contribution is 0.0696. The zero-order valence-electron chi connectivity index (χ0n) is 12.3. The number of urea groups is 1. The number of methoxy groups -OCH3 is 1. The van der Waals surface area contributed by atoms with Crippen molar-refractivity contribution in [3.63, 3.8) is 0 Å². The molecule has 2 amide bonds. The lowest BCUT2D eigenvalue weighted by atomic mass is 10.1. The molecule has 1 aromatic rings. The largest absolute Gasteiger partial charge is 0.478 e. The summed E-state index contributed by atoms with van der Waals surface area (Å²) in [5.74, 6) is -0.987. The monoisotopic (exact) mass is 292 g/mol. The Morgan fingerprint density at radius 3 is 2.71 bits per heavy atom. The fourth-order valence-electron chi connectivity index (χ4n) is 1.82. The first-order valence-electron chi connectivity index (χ1n) is 6.49. The van der Waals surface area contributed by atoms with E-state index in [-0.39, 0.29) is 11.6 Å². The summed E-state index contributed by atoms with van der Waals surface area (Å²) in [6.07, 6.45) is 1.63. The van der Waals surface area contributed by atoms with Crippen LogP contribution in [0.15, 0.2) is 30.9 Å². The quantitative estimate of drug-likeness (QED) is 0.756. The SMILES string of the molecule is C=CCN(CCOC)C(=O)Nc1ccc(C(=O)O)c(C)c1. The second kappa shape index (κ2) is 8.06. The Morgan fingerprint density at radius 1 is 1.48 bits per heavy atom. The smallest absolute Gasteiger partial charge is 0.335 e. The van der Waals surface area contributed by atoms with Crippen LogP contribution in [-0.4, -0.2) is 48.8 Å². The maximum Gasteiger partial charge on any atom is 0.335 e. The molecule has 0 aliphatic heterocycles. The third-order valence-electron chi connectivity index (χ3n) is 2.91. The number of anilines is 1. The van der Waals surface area contributed by atoms with Crippen LogP contribution < -0.4 is 5.32 Å². The van der Waals surface area contributed by atoms with E-state index in [1.807, 2.05) is 0 Å². The van der Waals surface area contributed by atoms with Gasteiger partial charge in [-0.25, -0.2) is 9.59 Å². The maximum atomic E-state index is 12.1. The minimum atomic E-state index is -0.987. The Bertz CT molecular complexity index is 528. The van der Waals surface area contributed by atoms with Crippen LogP contribution in [-0.2, 0) is 4.74 Å². The van der Waals surface area contributed by atoms with Crippen molar-refractivity contribution in [1.82, 2.24) is 4.90 Å². The van der Waals surface area contributed by atoms with E-state index < -0.39 is 5.97 Å². The molecule has 0 heterocycles. The normalized spacial score (nSPS) is 10.0. The average Bonchev–Trinajstić information content (AvgIpc) is 2.43. The summed E-state index contributed by atoms with van der Waals surface area (Å²) in [7, 11) is 1.57. The second-order valence-corrected chi connectivity index (χ2v) is 4.49. The molecule has 0 radical (unpaired) electrons. The van der Waals surface area contributed by atoms with E-state index in [0.29, 0.717) is 30.9 Å². The van der Waals surface area contributed by atoms with Crippen molar-refractivity contribution in [1.29, 1.82) is 0 Å². The highest BCUT2D eigenvalue weighted by molar-refractivity contribution is 5.92. The summed E-state index contributed by atoms with van der Waals surface area (Å²) in [4.78, 5) is 24.6. The summed E-state index contributed by atoms with van der Waals surface area (Å²) in [6.45, 7) is 6.58. The van der Waals surface area contributed by atoms with E-state index in [2.05, 4.69) is 11.9 Å². The summed E-state index contributed by atoms with van der Waals surface area (Å²) in [5.41, 5.74) is 1.36. The molecule has 2 N–H and O–H groups in total. The molecule has 0 aliphatic carbocycles. The van der Waals surface area contributed by atoms with Crippen molar-refractivity contribution >= 4 is 17.7 Å². The molecular formula is C15H20N2O4. The molecule has 114 valence electrons. The first-order chi connectivity index (χ1) is 9.99. The Balaban J connectivity index is 2.78. The van der Waals surface area contributed by atoms with Gasteiger partial charge in [0.1, 0.15) is 0 Å². The molecule has 6 nitrogen and oxygen atoms in total. The number of carboxylic acid groups (broad SMARTS) is 1. The topological polar surface area (TPSA) is 78.9 Å². The molecule has 0 saturated heterocycles.